The molecule has 4 rings (SSSR count). The molecule has 0 bridgehead atoms. The number of carbonyl (C=O) groups excluding carboxylic acids is 3. The van der Waals surface area contributed by atoms with Crippen LogP contribution in [-0.4, -0.2) is 41.1 Å². The number of primary amides is 1. The van der Waals surface area contributed by atoms with Gasteiger partial charge in [0.2, 0.25) is 17.8 Å². The minimum atomic E-state index is -0.614. The van der Waals surface area contributed by atoms with Crippen molar-refractivity contribution in [1.82, 2.24) is 14.9 Å². The number of nitrogens with zero attached hydrogens (tertiary/aromatic N) is 2. The normalized spacial score (nSPS) is 10.7. The number of carbonyl (C=O) groups is 3. The van der Waals surface area contributed by atoms with Crippen LogP contribution in [0.3, 0.4) is 0 Å². The van der Waals surface area contributed by atoms with Crippen molar-refractivity contribution in [3.63, 3.8) is 0 Å². The van der Waals surface area contributed by atoms with E-state index in [9.17, 15) is 14.4 Å². The molecule has 0 atom stereocenters. The van der Waals surface area contributed by atoms with E-state index < -0.39 is 12.0 Å². The number of nitrogens with one attached hydrogen (secondary N) is 2. The maximum atomic E-state index is 12.8. The van der Waals surface area contributed by atoms with Gasteiger partial charge in [0.15, 0.2) is 0 Å². The first-order valence-electron chi connectivity index (χ1n) is 12.6. The number of benzene rings is 3. The molecule has 4 N–H and O–H groups in total. The highest BCUT2D eigenvalue weighted by atomic mass is 16.5. The van der Waals surface area contributed by atoms with Crippen LogP contribution in [0.1, 0.15) is 34.3 Å². The van der Waals surface area contributed by atoms with Crippen molar-refractivity contribution < 1.29 is 23.9 Å². The lowest BCUT2D eigenvalue weighted by Gasteiger charge is -2.13. The summed E-state index contributed by atoms with van der Waals surface area (Å²) < 4.78 is 12.6. The van der Waals surface area contributed by atoms with Crippen molar-refractivity contribution in [1.29, 1.82) is 0 Å². The second kappa shape index (κ2) is 13.1. The number of imidazole rings is 1. The molecule has 202 valence electrons. The highest BCUT2D eigenvalue weighted by Gasteiger charge is 2.19. The van der Waals surface area contributed by atoms with Crippen molar-refractivity contribution in [3.05, 3.63) is 89.5 Å². The molecule has 3 aromatic carbocycles. The highest BCUT2D eigenvalue weighted by Crippen LogP contribution is 2.31. The summed E-state index contributed by atoms with van der Waals surface area (Å²) in [4.78, 5) is 41.3. The van der Waals surface area contributed by atoms with E-state index in [0.29, 0.717) is 48.7 Å². The van der Waals surface area contributed by atoms with E-state index in [0.717, 1.165) is 11.1 Å². The van der Waals surface area contributed by atoms with E-state index in [-0.39, 0.29) is 24.5 Å². The average molecular weight is 530 g/mol. The third kappa shape index (κ3) is 7.35. The van der Waals surface area contributed by atoms with Crippen LogP contribution >= 0.6 is 0 Å². The first-order chi connectivity index (χ1) is 18.9. The lowest BCUT2D eigenvalue weighted by atomic mass is 10.1. The molecule has 3 amide bonds. The molecule has 0 saturated carbocycles. The zero-order valence-electron chi connectivity index (χ0n) is 21.7. The average Bonchev–Trinajstić information content (AvgIpc) is 3.30. The van der Waals surface area contributed by atoms with Gasteiger partial charge < -0.3 is 25.1 Å². The minimum Gasteiger partial charge on any atom is -0.494 e. The van der Waals surface area contributed by atoms with Gasteiger partial charge in [0.1, 0.15) is 17.9 Å². The molecule has 1 heterocycles. The number of methoxy groups -OCH3 is 1. The maximum absolute atomic E-state index is 12.8. The summed E-state index contributed by atoms with van der Waals surface area (Å²) in [7, 11) is 1.49. The standard InChI is InChI=1S/C29H31N5O5/c1-38-24-18-22(27(30)36)17-23-26(24)34(16-8-15-31-29(37)39-19-21-11-6-3-7-12-21)28(32-23)33-25(35)14-13-20-9-4-2-5-10-20/h2-7,9-12,17-18H,8,13-16,19H2,1H3,(H2,30,36)(H,31,37)(H,32,33,35). The van der Waals surface area contributed by atoms with Crippen LogP contribution in [-0.2, 0) is 29.1 Å². The van der Waals surface area contributed by atoms with Crippen molar-refractivity contribution in [3.8, 4) is 5.75 Å². The van der Waals surface area contributed by atoms with Gasteiger partial charge in [-0.25, -0.2) is 9.78 Å². The first-order valence-corrected chi connectivity index (χ1v) is 12.6. The summed E-state index contributed by atoms with van der Waals surface area (Å²) in [6.45, 7) is 0.907. The zero-order valence-corrected chi connectivity index (χ0v) is 21.7. The van der Waals surface area contributed by atoms with Gasteiger partial charge in [-0.15, -0.1) is 0 Å². The number of ether oxygens (including phenoxy) is 2. The molecule has 10 heteroatoms. The Balaban J connectivity index is 1.45. The Morgan fingerprint density at radius 2 is 1.67 bits per heavy atom. The minimum absolute atomic E-state index is 0.178. The fourth-order valence-electron chi connectivity index (χ4n) is 4.13. The fourth-order valence-corrected chi connectivity index (χ4v) is 4.13. The van der Waals surface area contributed by atoms with E-state index in [1.54, 1.807) is 16.7 Å². The number of hydrogen-bond acceptors (Lipinski definition) is 6. The number of aryl methyl sites for hydroxylation is 2. The van der Waals surface area contributed by atoms with E-state index in [1.807, 2.05) is 60.7 Å². The zero-order chi connectivity index (χ0) is 27.6. The Bertz CT molecular complexity index is 1440. The Morgan fingerprint density at radius 3 is 2.33 bits per heavy atom. The molecule has 0 aliphatic rings. The fraction of sp³-hybridized carbons (Fsp3) is 0.241. The van der Waals surface area contributed by atoms with E-state index >= 15 is 0 Å². The second-order valence-corrected chi connectivity index (χ2v) is 8.87. The van der Waals surface area contributed by atoms with Crippen LogP contribution in [0.25, 0.3) is 11.0 Å². The number of nitrogens with two attached hydrogens (primary N) is 1. The number of amides is 3. The molecule has 0 aliphatic carbocycles. The van der Waals surface area contributed by atoms with E-state index in [1.165, 1.54) is 7.11 Å². The Labute approximate surface area is 226 Å². The van der Waals surface area contributed by atoms with Crippen LogP contribution in [0.2, 0.25) is 0 Å². The van der Waals surface area contributed by atoms with Crippen molar-refractivity contribution in [2.75, 3.05) is 19.0 Å². The van der Waals surface area contributed by atoms with Crippen LogP contribution < -0.4 is 21.1 Å². The summed E-state index contributed by atoms with van der Waals surface area (Å²) in [5, 5.41) is 5.63. The molecule has 0 unspecified atom stereocenters. The quantitative estimate of drug-likeness (QED) is 0.237. The van der Waals surface area contributed by atoms with Gasteiger partial charge in [0.25, 0.3) is 0 Å². The molecule has 39 heavy (non-hydrogen) atoms. The van der Waals surface area contributed by atoms with E-state index in [2.05, 4.69) is 15.6 Å². The summed E-state index contributed by atoms with van der Waals surface area (Å²) in [6, 6.07) is 22.3. The monoisotopic (exact) mass is 529 g/mol. The first kappa shape index (κ1) is 27.2. The molecular weight excluding hydrogens is 498 g/mol. The molecule has 0 aliphatic heterocycles. The third-order valence-corrected chi connectivity index (χ3v) is 6.09. The molecule has 0 radical (unpaired) electrons. The number of fused-ring (bicyclic) bond motifs is 1. The summed E-state index contributed by atoms with van der Waals surface area (Å²) in [5.41, 5.74) is 8.74. The summed E-state index contributed by atoms with van der Waals surface area (Å²) in [5.74, 6) is -0.105. The van der Waals surface area contributed by atoms with Gasteiger partial charge in [-0.1, -0.05) is 60.7 Å². The number of aromatic nitrogens is 2. The predicted molar refractivity (Wildman–Crippen MR) is 147 cm³/mol. The molecule has 4 aromatic rings. The van der Waals surface area contributed by atoms with Crippen LogP contribution in [0, 0.1) is 0 Å². The van der Waals surface area contributed by atoms with Crippen LogP contribution in [0.15, 0.2) is 72.8 Å². The number of anilines is 1. The smallest absolute Gasteiger partial charge is 0.407 e. The molecule has 10 nitrogen and oxygen atoms in total. The SMILES string of the molecule is COc1cc(C(N)=O)cc2nc(NC(=O)CCc3ccccc3)n(CCCNC(=O)OCc3ccccc3)c12. The number of hydrogen-bond donors (Lipinski definition) is 3. The van der Waals surface area contributed by atoms with Gasteiger partial charge in [-0.2, -0.15) is 0 Å². The lowest BCUT2D eigenvalue weighted by molar-refractivity contribution is -0.116. The van der Waals surface area contributed by atoms with Crippen LogP contribution in [0.4, 0.5) is 10.7 Å². The number of alkyl carbamates (subject to hydrolysis) is 1. The predicted octanol–water partition coefficient (Wildman–Crippen LogP) is 4.03. The third-order valence-electron chi connectivity index (χ3n) is 6.09. The summed E-state index contributed by atoms with van der Waals surface area (Å²) in [6.07, 6.45) is 0.842. The number of rotatable bonds is 12. The van der Waals surface area contributed by atoms with Crippen molar-refractivity contribution >= 4 is 34.9 Å². The van der Waals surface area contributed by atoms with Gasteiger partial charge in [0.05, 0.1) is 12.6 Å². The molecule has 0 spiro atoms. The molecule has 0 saturated heterocycles. The Morgan fingerprint density at radius 1 is 0.974 bits per heavy atom. The van der Waals surface area contributed by atoms with E-state index in [4.69, 9.17) is 15.2 Å². The largest absolute Gasteiger partial charge is 0.494 e. The Hall–Kier alpha value is -4.86. The molecule has 1 aromatic heterocycles. The van der Waals surface area contributed by atoms with Gasteiger partial charge in [-0.05, 0) is 36.1 Å². The van der Waals surface area contributed by atoms with Crippen molar-refractivity contribution in [2.45, 2.75) is 32.4 Å². The van der Waals surface area contributed by atoms with Crippen molar-refractivity contribution in [2.24, 2.45) is 5.73 Å². The topological polar surface area (TPSA) is 138 Å². The van der Waals surface area contributed by atoms with Gasteiger partial charge >= 0.3 is 6.09 Å². The molecular formula is C29H31N5O5. The molecule has 0 fully saturated rings. The van der Waals surface area contributed by atoms with Gasteiger partial charge in [0, 0.05) is 25.1 Å². The van der Waals surface area contributed by atoms with Gasteiger partial charge in [-0.3, -0.25) is 14.9 Å². The second-order valence-electron chi connectivity index (χ2n) is 8.87. The Kier molecular flexibility index (Phi) is 9.12. The van der Waals surface area contributed by atoms with Crippen LogP contribution in [0.5, 0.6) is 5.75 Å². The maximum Gasteiger partial charge on any atom is 0.407 e. The highest BCUT2D eigenvalue weighted by molar-refractivity contribution is 5.99. The lowest BCUT2D eigenvalue weighted by Crippen LogP contribution is -2.26. The summed E-state index contributed by atoms with van der Waals surface area (Å²) >= 11 is 0.